The molecule has 3 aromatic rings. The Labute approximate surface area is 182 Å². The molecule has 0 radical (unpaired) electrons. The van der Waals surface area contributed by atoms with E-state index in [0.717, 1.165) is 16.7 Å². The number of rotatable bonds is 6. The number of carbonyl (C=O) groups is 1. The second-order valence-corrected chi connectivity index (χ2v) is 9.26. The van der Waals surface area contributed by atoms with Crippen molar-refractivity contribution in [2.45, 2.75) is 31.7 Å². The van der Waals surface area contributed by atoms with Crippen LogP contribution >= 0.6 is 11.6 Å². The molecule has 156 valence electrons. The van der Waals surface area contributed by atoms with Crippen molar-refractivity contribution in [3.63, 3.8) is 0 Å². The van der Waals surface area contributed by atoms with Gasteiger partial charge in [-0.15, -0.1) is 0 Å². The van der Waals surface area contributed by atoms with Crippen molar-refractivity contribution in [3.05, 3.63) is 94.0 Å². The van der Waals surface area contributed by atoms with Gasteiger partial charge in [-0.2, -0.15) is 0 Å². The van der Waals surface area contributed by atoms with Crippen molar-refractivity contribution in [2.75, 3.05) is 4.72 Å². The van der Waals surface area contributed by atoms with Crippen LogP contribution in [-0.2, 0) is 10.0 Å². The number of nitrogens with one attached hydrogen (secondary N) is 2. The van der Waals surface area contributed by atoms with Gasteiger partial charge in [0.1, 0.15) is 0 Å². The molecule has 0 aliphatic carbocycles. The van der Waals surface area contributed by atoms with E-state index in [-0.39, 0.29) is 33.1 Å². The molecule has 0 bridgehead atoms. The van der Waals surface area contributed by atoms with Crippen LogP contribution in [0.1, 0.15) is 40.0 Å². The van der Waals surface area contributed by atoms with Gasteiger partial charge in [0, 0.05) is 0 Å². The van der Waals surface area contributed by atoms with Crippen LogP contribution in [0, 0.1) is 13.8 Å². The molecular weight excluding hydrogens is 420 g/mol. The predicted octanol–water partition coefficient (Wildman–Crippen LogP) is 5.25. The molecule has 5 nitrogen and oxygen atoms in total. The monoisotopic (exact) mass is 442 g/mol. The molecule has 1 atom stereocenters. The molecular formula is C23H23ClN2O3S. The van der Waals surface area contributed by atoms with E-state index in [2.05, 4.69) is 16.1 Å². The van der Waals surface area contributed by atoms with Crippen LogP contribution in [0.2, 0.25) is 5.02 Å². The maximum Gasteiger partial charge on any atom is 0.261 e. The highest BCUT2D eigenvalue weighted by Gasteiger charge is 2.18. The molecule has 0 aliphatic rings. The van der Waals surface area contributed by atoms with Crippen molar-refractivity contribution in [3.8, 4) is 0 Å². The molecule has 1 amide bonds. The molecule has 2 N–H and O–H groups in total. The third-order valence-corrected chi connectivity index (χ3v) is 6.47. The summed E-state index contributed by atoms with van der Waals surface area (Å²) in [5.74, 6) is -0.329. The number of benzene rings is 3. The van der Waals surface area contributed by atoms with E-state index >= 15 is 0 Å². The smallest absolute Gasteiger partial charge is 0.261 e. The third kappa shape index (κ3) is 5.01. The van der Waals surface area contributed by atoms with Crippen LogP contribution in [0.25, 0.3) is 0 Å². The fraction of sp³-hybridized carbons (Fsp3) is 0.174. The lowest BCUT2D eigenvalue weighted by molar-refractivity contribution is 0.0940. The highest BCUT2D eigenvalue weighted by Crippen LogP contribution is 2.25. The Morgan fingerprint density at radius 3 is 2.30 bits per heavy atom. The van der Waals surface area contributed by atoms with Gasteiger partial charge in [-0.25, -0.2) is 8.42 Å². The summed E-state index contributed by atoms with van der Waals surface area (Å²) in [6, 6.07) is 18.4. The number of amides is 1. The third-order valence-electron chi connectivity index (χ3n) is 4.76. The average molecular weight is 443 g/mol. The Morgan fingerprint density at radius 1 is 0.967 bits per heavy atom. The molecule has 0 spiro atoms. The predicted molar refractivity (Wildman–Crippen MR) is 120 cm³/mol. The zero-order valence-corrected chi connectivity index (χ0v) is 18.5. The molecule has 0 saturated heterocycles. The van der Waals surface area contributed by atoms with Gasteiger partial charge < -0.3 is 5.32 Å². The topological polar surface area (TPSA) is 75.3 Å². The van der Waals surface area contributed by atoms with Crippen molar-refractivity contribution in [1.82, 2.24) is 5.32 Å². The highest BCUT2D eigenvalue weighted by atomic mass is 35.5. The Hall–Kier alpha value is -2.83. The lowest BCUT2D eigenvalue weighted by Crippen LogP contribution is -2.27. The first-order chi connectivity index (χ1) is 14.2. The Bertz CT molecular complexity index is 1180. The van der Waals surface area contributed by atoms with Gasteiger partial charge in [-0.3, -0.25) is 9.52 Å². The molecule has 30 heavy (non-hydrogen) atoms. The number of halogens is 1. The lowest BCUT2D eigenvalue weighted by atomic mass is 10.00. The number of aryl methyl sites for hydroxylation is 2. The van der Waals surface area contributed by atoms with Gasteiger partial charge in [0.15, 0.2) is 0 Å². The fourth-order valence-corrected chi connectivity index (χ4v) is 4.58. The van der Waals surface area contributed by atoms with Crippen LogP contribution < -0.4 is 10.0 Å². The summed E-state index contributed by atoms with van der Waals surface area (Å²) in [6.45, 7) is 5.94. The number of carbonyl (C=O) groups excluding carboxylic acids is 1. The van der Waals surface area contributed by atoms with Crippen LogP contribution in [0.4, 0.5) is 5.69 Å². The summed E-state index contributed by atoms with van der Waals surface area (Å²) in [7, 11) is -3.74. The second kappa shape index (κ2) is 8.90. The maximum atomic E-state index is 12.7. The molecule has 0 aliphatic heterocycles. The first-order valence-electron chi connectivity index (χ1n) is 9.43. The van der Waals surface area contributed by atoms with Crippen molar-refractivity contribution < 1.29 is 13.2 Å². The molecule has 0 saturated carbocycles. The van der Waals surface area contributed by atoms with E-state index in [1.54, 1.807) is 18.2 Å². The molecule has 3 aromatic carbocycles. The van der Waals surface area contributed by atoms with Crippen LogP contribution in [0.5, 0.6) is 0 Å². The first kappa shape index (κ1) is 21.9. The highest BCUT2D eigenvalue weighted by molar-refractivity contribution is 7.92. The largest absolute Gasteiger partial charge is 0.345 e. The van der Waals surface area contributed by atoms with Crippen molar-refractivity contribution >= 4 is 33.2 Å². The van der Waals surface area contributed by atoms with E-state index < -0.39 is 10.0 Å². The van der Waals surface area contributed by atoms with E-state index in [0.29, 0.717) is 0 Å². The summed E-state index contributed by atoms with van der Waals surface area (Å²) in [5.41, 5.74) is 3.84. The molecule has 7 heteroatoms. The van der Waals surface area contributed by atoms with Gasteiger partial charge in [-0.1, -0.05) is 53.6 Å². The van der Waals surface area contributed by atoms with E-state index in [9.17, 15) is 13.2 Å². The summed E-state index contributed by atoms with van der Waals surface area (Å²) >= 11 is 6.28. The molecule has 0 heterocycles. The van der Waals surface area contributed by atoms with Crippen LogP contribution in [0.3, 0.4) is 0 Å². The van der Waals surface area contributed by atoms with E-state index in [1.807, 2.05) is 32.9 Å². The van der Waals surface area contributed by atoms with Gasteiger partial charge >= 0.3 is 0 Å². The normalized spacial score (nSPS) is 12.3. The van der Waals surface area contributed by atoms with Crippen molar-refractivity contribution in [2.24, 2.45) is 0 Å². The number of sulfonamides is 1. The average Bonchev–Trinajstić information content (AvgIpc) is 2.68. The zero-order chi connectivity index (χ0) is 21.9. The quantitative estimate of drug-likeness (QED) is 0.547. The molecule has 0 aromatic heterocycles. The zero-order valence-electron chi connectivity index (χ0n) is 16.9. The summed E-state index contributed by atoms with van der Waals surface area (Å²) in [4.78, 5) is 12.9. The SMILES string of the molecule is Cc1ccc([C@H](C)NC(=O)c2ccc(NS(=O)(=O)c3ccccc3)cc2Cl)c(C)c1. The standard InChI is InChI=1S/C23H23ClN2O3S/c1-15-9-11-20(16(2)13-15)17(3)25-23(27)21-12-10-18(14-22(21)24)26-30(28,29)19-7-5-4-6-8-19/h4-14,17,26H,1-3H3,(H,25,27)/t17-/m0/s1. The van der Waals surface area contributed by atoms with Crippen LogP contribution in [-0.4, -0.2) is 14.3 Å². The molecule has 3 rings (SSSR count). The van der Waals surface area contributed by atoms with Gasteiger partial charge in [-0.05, 0) is 62.2 Å². The minimum atomic E-state index is -3.74. The lowest BCUT2D eigenvalue weighted by Gasteiger charge is -2.18. The maximum absolute atomic E-state index is 12.7. The summed E-state index contributed by atoms with van der Waals surface area (Å²) in [6.07, 6.45) is 0. The van der Waals surface area contributed by atoms with Gasteiger partial charge in [0.2, 0.25) is 0 Å². The number of anilines is 1. The van der Waals surface area contributed by atoms with Gasteiger partial charge in [0.05, 0.1) is 27.2 Å². The summed E-state index contributed by atoms with van der Waals surface area (Å²) in [5, 5.41) is 3.11. The fourth-order valence-electron chi connectivity index (χ4n) is 3.24. The van der Waals surface area contributed by atoms with E-state index in [1.165, 1.54) is 30.3 Å². The second-order valence-electron chi connectivity index (χ2n) is 7.17. The number of hydrogen-bond acceptors (Lipinski definition) is 3. The number of hydrogen-bond donors (Lipinski definition) is 2. The first-order valence-corrected chi connectivity index (χ1v) is 11.3. The van der Waals surface area contributed by atoms with E-state index in [4.69, 9.17) is 11.6 Å². The van der Waals surface area contributed by atoms with Crippen LogP contribution in [0.15, 0.2) is 71.6 Å². The Balaban J connectivity index is 1.75. The Kier molecular flexibility index (Phi) is 6.48. The Morgan fingerprint density at radius 2 is 1.67 bits per heavy atom. The van der Waals surface area contributed by atoms with Gasteiger partial charge in [0.25, 0.3) is 15.9 Å². The minimum Gasteiger partial charge on any atom is -0.345 e. The minimum absolute atomic E-state index is 0.144. The molecule has 0 fully saturated rings. The summed E-state index contributed by atoms with van der Waals surface area (Å²) < 4.78 is 27.4. The molecule has 0 unspecified atom stereocenters. The van der Waals surface area contributed by atoms with Crippen molar-refractivity contribution in [1.29, 1.82) is 0 Å².